The van der Waals surface area contributed by atoms with Crippen molar-refractivity contribution in [1.82, 2.24) is 10.6 Å². The van der Waals surface area contributed by atoms with E-state index >= 15 is 0 Å². The van der Waals surface area contributed by atoms with Crippen molar-refractivity contribution in [3.63, 3.8) is 0 Å². The van der Waals surface area contributed by atoms with Gasteiger partial charge in [0.2, 0.25) is 0 Å². The maximum absolute atomic E-state index is 12.9. The van der Waals surface area contributed by atoms with Crippen LogP contribution in [0.3, 0.4) is 0 Å². The lowest BCUT2D eigenvalue weighted by atomic mass is 10.1. The molecule has 0 unspecified atom stereocenters. The minimum absolute atomic E-state index is 0.225. The van der Waals surface area contributed by atoms with Gasteiger partial charge in [0.05, 0.1) is 13.2 Å². The predicted octanol–water partition coefficient (Wildman–Crippen LogP) is 2.92. The summed E-state index contributed by atoms with van der Waals surface area (Å²) in [5, 5.41) is 5.58. The van der Waals surface area contributed by atoms with Crippen LogP contribution in [0.1, 0.15) is 12.2 Å². The highest BCUT2D eigenvalue weighted by molar-refractivity contribution is 5.73. The van der Waals surface area contributed by atoms with E-state index in [9.17, 15) is 9.18 Å². The minimum Gasteiger partial charge on any atom is -0.459 e. The SMILES string of the molecule is O=C(NCc1ccc(-c2ccc(F)cc2)o1)NC[C@@H]1CCOC1. The van der Waals surface area contributed by atoms with Crippen LogP contribution < -0.4 is 10.6 Å². The van der Waals surface area contributed by atoms with Crippen molar-refractivity contribution in [1.29, 1.82) is 0 Å². The van der Waals surface area contributed by atoms with E-state index in [2.05, 4.69) is 10.6 Å². The van der Waals surface area contributed by atoms with Crippen molar-refractivity contribution in [2.45, 2.75) is 13.0 Å². The van der Waals surface area contributed by atoms with Crippen molar-refractivity contribution in [2.24, 2.45) is 5.92 Å². The summed E-state index contributed by atoms with van der Waals surface area (Å²) in [7, 11) is 0. The quantitative estimate of drug-likeness (QED) is 0.891. The molecule has 2 aromatic rings. The number of carbonyl (C=O) groups is 1. The molecule has 2 N–H and O–H groups in total. The molecule has 5 nitrogen and oxygen atoms in total. The monoisotopic (exact) mass is 318 g/mol. The Bertz CT molecular complexity index is 648. The molecule has 1 aliphatic rings. The first kappa shape index (κ1) is 15.6. The molecule has 1 aromatic heterocycles. The molecule has 1 fully saturated rings. The van der Waals surface area contributed by atoms with Crippen molar-refractivity contribution in [3.8, 4) is 11.3 Å². The molecule has 1 aromatic carbocycles. The van der Waals surface area contributed by atoms with Gasteiger partial charge < -0.3 is 19.8 Å². The molecule has 3 rings (SSSR count). The van der Waals surface area contributed by atoms with Crippen LogP contribution >= 0.6 is 0 Å². The van der Waals surface area contributed by atoms with Gasteiger partial charge in [-0.3, -0.25) is 0 Å². The zero-order chi connectivity index (χ0) is 16.1. The summed E-state index contributed by atoms with van der Waals surface area (Å²) in [6, 6.07) is 9.45. The van der Waals surface area contributed by atoms with Crippen LogP contribution in [0.2, 0.25) is 0 Å². The van der Waals surface area contributed by atoms with Gasteiger partial charge in [-0.1, -0.05) is 0 Å². The summed E-state index contributed by atoms with van der Waals surface area (Å²) in [4.78, 5) is 11.7. The van der Waals surface area contributed by atoms with Gasteiger partial charge in [0, 0.05) is 24.6 Å². The minimum atomic E-state index is -0.286. The lowest BCUT2D eigenvalue weighted by Crippen LogP contribution is -2.37. The molecule has 0 bridgehead atoms. The van der Waals surface area contributed by atoms with E-state index in [1.54, 1.807) is 24.3 Å². The molecule has 2 amide bonds. The fourth-order valence-electron chi connectivity index (χ4n) is 2.45. The summed E-state index contributed by atoms with van der Waals surface area (Å²) in [5.74, 6) is 1.40. The lowest BCUT2D eigenvalue weighted by molar-refractivity contribution is 0.185. The molecule has 1 saturated heterocycles. The maximum atomic E-state index is 12.9. The lowest BCUT2D eigenvalue weighted by Gasteiger charge is -2.10. The Morgan fingerprint density at radius 3 is 2.74 bits per heavy atom. The highest BCUT2D eigenvalue weighted by Crippen LogP contribution is 2.22. The average Bonchev–Trinajstić information content (AvgIpc) is 3.23. The molecular weight excluding hydrogens is 299 g/mol. The number of amides is 2. The van der Waals surface area contributed by atoms with E-state index in [0.29, 0.717) is 37.1 Å². The second-order valence-corrected chi connectivity index (χ2v) is 5.57. The third-order valence-corrected chi connectivity index (χ3v) is 3.79. The Hall–Kier alpha value is -2.34. The zero-order valence-corrected chi connectivity index (χ0v) is 12.7. The molecule has 122 valence electrons. The fraction of sp³-hybridized carbons (Fsp3) is 0.353. The van der Waals surface area contributed by atoms with Crippen LogP contribution in [0.5, 0.6) is 0 Å². The Morgan fingerprint density at radius 2 is 2.00 bits per heavy atom. The molecule has 2 heterocycles. The van der Waals surface area contributed by atoms with Gasteiger partial charge in [-0.05, 0) is 42.8 Å². The van der Waals surface area contributed by atoms with Crippen LogP contribution in [-0.2, 0) is 11.3 Å². The molecular formula is C17H19FN2O3. The number of hydrogen-bond donors (Lipinski definition) is 2. The van der Waals surface area contributed by atoms with E-state index in [1.165, 1.54) is 12.1 Å². The van der Waals surface area contributed by atoms with Crippen LogP contribution in [0.4, 0.5) is 9.18 Å². The van der Waals surface area contributed by atoms with Crippen molar-refractivity contribution >= 4 is 6.03 Å². The van der Waals surface area contributed by atoms with Gasteiger partial charge in [0.15, 0.2) is 0 Å². The number of carbonyl (C=O) groups excluding carboxylic acids is 1. The van der Waals surface area contributed by atoms with Crippen molar-refractivity contribution in [3.05, 3.63) is 48.0 Å². The Labute approximate surface area is 133 Å². The molecule has 0 aliphatic carbocycles. The topological polar surface area (TPSA) is 63.5 Å². The normalized spacial score (nSPS) is 17.2. The highest BCUT2D eigenvalue weighted by atomic mass is 19.1. The highest BCUT2D eigenvalue weighted by Gasteiger charge is 2.16. The number of urea groups is 1. The van der Waals surface area contributed by atoms with Gasteiger partial charge >= 0.3 is 6.03 Å². The Kier molecular flexibility index (Phi) is 4.92. The van der Waals surface area contributed by atoms with Gasteiger partial charge in [-0.2, -0.15) is 0 Å². The number of hydrogen-bond acceptors (Lipinski definition) is 3. The number of furan rings is 1. The zero-order valence-electron chi connectivity index (χ0n) is 12.7. The van der Waals surface area contributed by atoms with E-state index in [1.807, 2.05) is 0 Å². The molecule has 23 heavy (non-hydrogen) atoms. The second-order valence-electron chi connectivity index (χ2n) is 5.57. The van der Waals surface area contributed by atoms with Gasteiger partial charge in [-0.15, -0.1) is 0 Å². The molecule has 6 heteroatoms. The predicted molar refractivity (Wildman–Crippen MR) is 83.3 cm³/mol. The van der Waals surface area contributed by atoms with Crippen molar-refractivity contribution in [2.75, 3.05) is 19.8 Å². The summed E-state index contributed by atoms with van der Waals surface area (Å²) >= 11 is 0. The Morgan fingerprint density at radius 1 is 1.17 bits per heavy atom. The molecule has 0 saturated carbocycles. The number of rotatable bonds is 5. The smallest absolute Gasteiger partial charge is 0.315 e. The molecule has 0 spiro atoms. The first-order valence-electron chi connectivity index (χ1n) is 7.65. The van der Waals surface area contributed by atoms with E-state index in [0.717, 1.165) is 18.6 Å². The molecule has 1 aliphatic heterocycles. The fourth-order valence-corrected chi connectivity index (χ4v) is 2.45. The number of benzene rings is 1. The molecule has 1 atom stereocenters. The summed E-state index contributed by atoms with van der Waals surface area (Å²) in [5.41, 5.74) is 0.795. The number of halogens is 1. The Balaban J connectivity index is 1.47. The third-order valence-electron chi connectivity index (χ3n) is 3.79. The van der Waals surface area contributed by atoms with Crippen LogP contribution in [0.25, 0.3) is 11.3 Å². The third kappa shape index (κ3) is 4.32. The van der Waals surface area contributed by atoms with E-state index in [4.69, 9.17) is 9.15 Å². The number of nitrogens with one attached hydrogen (secondary N) is 2. The van der Waals surface area contributed by atoms with Gasteiger partial charge in [0.1, 0.15) is 17.3 Å². The number of ether oxygens (including phenoxy) is 1. The summed E-state index contributed by atoms with van der Waals surface area (Å²) in [6.45, 7) is 2.39. The molecule has 0 radical (unpaired) electrons. The van der Waals surface area contributed by atoms with E-state index in [-0.39, 0.29) is 11.8 Å². The first-order chi connectivity index (χ1) is 11.2. The standard InChI is InChI=1S/C17H19FN2O3/c18-14-3-1-13(2-4-14)16-6-5-15(23-16)10-20-17(21)19-9-12-7-8-22-11-12/h1-6,12H,7-11H2,(H2,19,20,21)/t12-/m0/s1. The largest absolute Gasteiger partial charge is 0.459 e. The van der Waals surface area contributed by atoms with Crippen LogP contribution in [0.15, 0.2) is 40.8 Å². The average molecular weight is 318 g/mol. The van der Waals surface area contributed by atoms with Gasteiger partial charge in [-0.25, -0.2) is 9.18 Å². The summed E-state index contributed by atoms with van der Waals surface area (Å²) in [6.07, 6.45) is 0.986. The van der Waals surface area contributed by atoms with Gasteiger partial charge in [0.25, 0.3) is 0 Å². The first-order valence-corrected chi connectivity index (χ1v) is 7.65. The van der Waals surface area contributed by atoms with Crippen LogP contribution in [0, 0.1) is 11.7 Å². The van der Waals surface area contributed by atoms with E-state index < -0.39 is 0 Å². The van der Waals surface area contributed by atoms with Crippen LogP contribution in [-0.4, -0.2) is 25.8 Å². The second kappa shape index (κ2) is 7.28. The maximum Gasteiger partial charge on any atom is 0.315 e. The van der Waals surface area contributed by atoms with Crippen molar-refractivity contribution < 1.29 is 18.3 Å². The summed E-state index contributed by atoms with van der Waals surface area (Å²) < 4.78 is 23.8.